The Morgan fingerprint density at radius 2 is 1.98 bits per heavy atom. The molecule has 2 fully saturated rings. The zero-order valence-electron chi connectivity index (χ0n) is 24.5. The van der Waals surface area contributed by atoms with Gasteiger partial charge in [-0.2, -0.15) is 0 Å². The number of benzene rings is 1. The van der Waals surface area contributed by atoms with Crippen molar-refractivity contribution >= 4 is 34.7 Å². The van der Waals surface area contributed by atoms with Crippen LogP contribution in [0.3, 0.4) is 0 Å². The number of halogens is 1. The lowest BCUT2D eigenvalue weighted by atomic mass is 10.1. The van der Waals surface area contributed by atoms with E-state index >= 15 is 0 Å². The van der Waals surface area contributed by atoms with Crippen LogP contribution in [0.25, 0.3) is 10.6 Å². The van der Waals surface area contributed by atoms with Gasteiger partial charge in [0.15, 0.2) is 5.75 Å². The van der Waals surface area contributed by atoms with Crippen LogP contribution in [-0.4, -0.2) is 88.5 Å². The minimum Gasteiger partial charge on any atom is -0.494 e. The summed E-state index contributed by atoms with van der Waals surface area (Å²) in [5.74, 6) is -2.01. The molecule has 15 nitrogen and oxygen atoms in total. The van der Waals surface area contributed by atoms with Gasteiger partial charge < -0.3 is 47.5 Å². The number of allylic oxidation sites excluding steroid dienone is 1. The van der Waals surface area contributed by atoms with Gasteiger partial charge in [-0.3, -0.25) is 24.6 Å². The molecule has 0 spiro atoms. The van der Waals surface area contributed by atoms with Crippen molar-refractivity contribution in [1.29, 1.82) is 0 Å². The van der Waals surface area contributed by atoms with Crippen LogP contribution in [0.15, 0.2) is 47.7 Å². The molecule has 1 atom stereocenters. The summed E-state index contributed by atoms with van der Waals surface area (Å²) in [4.78, 5) is 44.2. The van der Waals surface area contributed by atoms with E-state index in [1.165, 1.54) is 18.6 Å². The predicted molar refractivity (Wildman–Crippen MR) is 163 cm³/mol. The molecule has 1 aromatic heterocycles. The number of aliphatic hydroxyl groups is 3. The maximum atomic E-state index is 13.6. The van der Waals surface area contributed by atoms with Crippen molar-refractivity contribution in [3.63, 3.8) is 0 Å². The molecule has 1 aliphatic carbocycles. The number of nitrogens with two attached hydrogens (primary N) is 2. The van der Waals surface area contributed by atoms with Gasteiger partial charge in [-0.05, 0) is 44.4 Å². The number of piperidine rings is 1. The van der Waals surface area contributed by atoms with Gasteiger partial charge in [0.05, 0.1) is 30.3 Å². The van der Waals surface area contributed by atoms with E-state index in [1.807, 2.05) is 4.90 Å². The first-order chi connectivity index (χ1) is 21.3. The van der Waals surface area contributed by atoms with Crippen LogP contribution in [0.2, 0.25) is 0 Å². The smallest absolute Gasteiger partial charge is 0.369 e. The zero-order valence-corrected chi connectivity index (χ0v) is 25.3. The van der Waals surface area contributed by atoms with E-state index in [0.29, 0.717) is 41.5 Å². The average molecular weight is 649 g/mol. The normalized spacial score (nSPS) is 18.1. The Morgan fingerprint density at radius 3 is 2.64 bits per heavy atom. The van der Waals surface area contributed by atoms with Crippen molar-refractivity contribution in [3.8, 4) is 16.3 Å². The summed E-state index contributed by atoms with van der Waals surface area (Å²) in [6.45, 7) is 2.05. The Hall–Kier alpha value is -4.29. The van der Waals surface area contributed by atoms with Crippen LogP contribution in [0.4, 0.5) is 10.1 Å². The minimum atomic E-state index is -3.56. The maximum absolute atomic E-state index is 13.6. The standard InChI is InChI=1S/C28H37FN8O7S/c1-44-23-17(27-33-13-20(45-27)25(39)32-9-11-37-10-3-4-16(29)14-37)5-2-6-18(23)34-19(22(31)26(40)36-28(41,42)43)12-21(30)35-24(38)15-7-8-15/h2,5-6,12-13,15-16,34,41-43H,3-4,7-11,14,30-31H2,1H3,(H,32,39)(H,35,38)(H,36,40)/b21-12+,22-19+. The van der Waals surface area contributed by atoms with Crippen molar-refractivity contribution in [1.82, 2.24) is 25.8 Å². The number of carbonyl (C=O) groups excluding carboxylic acids is 3. The molecule has 1 aliphatic heterocycles. The van der Waals surface area contributed by atoms with Crippen molar-refractivity contribution < 1.29 is 38.8 Å². The second-order valence-electron chi connectivity index (χ2n) is 10.6. The van der Waals surface area contributed by atoms with Crippen molar-refractivity contribution in [2.24, 2.45) is 17.4 Å². The van der Waals surface area contributed by atoms with Gasteiger partial charge >= 0.3 is 6.10 Å². The van der Waals surface area contributed by atoms with E-state index in [0.717, 1.165) is 43.2 Å². The largest absolute Gasteiger partial charge is 0.494 e. The number of ether oxygens (including phenoxy) is 1. The van der Waals surface area contributed by atoms with Gasteiger partial charge in [-0.1, -0.05) is 6.07 Å². The molecule has 1 saturated heterocycles. The third-order valence-corrected chi connectivity index (χ3v) is 7.97. The van der Waals surface area contributed by atoms with E-state index in [-0.39, 0.29) is 40.7 Å². The molecule has 17 heteroatoms. The second kappa shape index (κ2) is 14.7. The van der Waals surface area contributed by atoms with Crippen LogP contribution in [0.5, 0.6) is 5.75 Å². The summed E-state index contributed by atoms with van der Waals surface area (Å²) in [6, 6.07) is 4.93. The van der Waals surface area contributed by atoms with E-state index in [1.54, 1.807) is 18.2 Å². The summed E-state index contributed by atoms with van der Waals surface area (Å²) in [5, 5.41) is 37.8. The maximum Gasteiger partial charge on any atom is 0.369 e. The Bertz CT molecular complexity index is 1470. The fraction of sp³-hybridized carbons (Fsp3) is 0.429. The SMILES string of the molecule is COc1c(NC(/C=C(\N)NC(=O)C2CC2)=C(/N)C(=O)NC(O)(O)O)cccc1-c1ncc(C(=O)NCCN2CCCC(F)C2)s1. The number of rotatable bonds is 13. The number of amides is 3. The molecule has 0 bridgehead atoms. The number of para-hydroxylation sites is 1. The van der Waals surface area contributed by atoms with Gasteiger partial charge in [-0.25, -0.2) is 9.37 Å². The molecule has 2 heterocycles. The van der Waals surface area contributed by atoms with Crippen molar-refractivity contribution in [3.05, 3.63) is 52.6 Å². The van der Waals surface area contributed by atoms with Crippen molar-refractivity contribution in [2.45, 2.75) is 38.0 Å². The zero-order chi connectivity index (χ0) is 32.7. The lowest BCUT2D eigenvalue weighted by Crippen LogP contribution is -2.50. The quantitative estimate of drug-likeness (QED) is 0.0766. The van der Waals surface area contributed by atoms with Crippen LogP contribution < -0.4 is 37.5 Å². The number of alkyl halides is 1. The van der Waals surface area contributed by atoms with E-state index in [4.69, 9.17) is 16.2 Å². The molecule has 0 radical (unpaired) electrons. The Kier molecular flexibility index (Phi) is 10.9. The molecule has 45 heavy (non-hydrogen) atoms. The molecule has 2 aromatic rings. The number of methoxy groups -OCH3 is 1. The molecule has 244 valence electrons. The highest BCUT2D eigenvalue weighted by molar-refractivity contribution is 7.17. The van der Waals surface area contributed by atoms with Gasteiger partial charge in [0.25, 0.3) is 11.8 Å². The van der Waals surface area contributed by atoms with E-state index in [9.17, 15) is 34.1 Å². The monoisotopic (exact) mass is 648 g/mol. The minimum absolute atomic E-state index is 0.163. The van der Waals surface area contributed by atoms with Gasteiger partial charge in [0.1, 0.15) is 27.6 Å². The molecule has 3 amide bonds. The molecule has 1 unspecified atom stereocenters. The number of anilines is 1. The highest BCUT2D eigenvalue weighted by Gasteiger charge is 2.30. The van der Waals surface area contributed by atoms with E-state index in [2.05, 4.69) is 20.9 Å². The molecule has 4 rings (SSSR count). The molecule has 1 aromatic carbocycles. The van der Waals surface area contributed by atoms with Crippen LogP contribution >= 0.6 is 11.3 Å². The van der Waals surface area contributed by atoms with E-state index < -0.39 is 23.9 Å². The number of aromatic nitrogens is 1. The Morgan fingerprint density at radius 1 is 1.22 bits per heavy atom. The Labute approximate surface area is 262 Å². The molecular formula is C28H37FN8O7S. The van der Waals surface area contributed by atoms with Gasteiger partial charge in [0.2, 0.25) is 5.91 Å². The number of carbonyl (C=O) groups is 3. The first-order valence-corrected chi connectivity index (χ1v) is 15.0. The first-order valence-electron chi connectivity index (χ1n) is 14.2. The summed E-state index contributed by atoms with van der Waals surface area (Å²) in [6.07, 6.45) is 0.973. The number of nitrogens with zero attached hydrogens (tertiary/aromatic N) is 2. The number of nitrogens with one attached hydrogen (secondary N) is 4. The number of hydrogen-bond donors (Lipinski definition) is 9. The van der Waals surface area contributed by atoms with Crippen molar-refractivity contribution in [2.75, 3.05) is 38.6 Å². The molecular weight excluding hydrogens is 611 g/mol. The predicted octanol–water partition coefficient (Wildman–Crippen LogP) is -0.405. The van der Waals surface area contributed by atoms with Crippen LogP contribution in [0, 0.1) is 5.92 Å². The third kappa shape index (κ3) is 9.60. The third-order valence-electron chi connectivity index (χ3n) is 6.94. The average Bonchev–Trinajstić information content (AvgIpc) is 3.72. The summed E-state index contributed by atoms with van der Waals surface area (Å²) < 4.78 is 19.3. The fourth-order valence-corrected chi connectivity index (χ4v) is 5.45. The number of thiazole rings is 1. The highest BCUT2D eigenvalue weighted by atomic mass is 32.1. The number of likely N-dealkylation sites (tertiary alicyclic amines) is 1. The summed E-state index contributed by atoms with van der Waals surface area (Å²) >= 11 is 1.11. The van der Waals surface area contributed by atoms with Crippen LogP contribution in [0.1, 0.15) is 35.4 Å². The topological polar surface area (TPSA) is 237 Å². The summed E-state index contributed by atoms with van der Waals surface area (Å²) in [7, 11) is 1.39. The summed E-state index contributed by atoms with van der Waals surface area (Å²) in [5.41, 5.74) is 11.9. The number of hydrogen-bond acceptors (Lipinski definition) is 13. The lowest BCUT2D eigenvalue weighted by molar-refractivity contribution is -0.325. The van der Waals surface area contributed by atoms with Crippen LogP contribution in [-0.2, 0) is 9.59 Å². The molecule has 1 saturated carbocycles. The molecule has 2 aliphatic rings. The first kappa shape index (κ1) is 33.6. The van der Waals surface area contributed by atoms with Gasteiger partial charge in [-0.15, -0.1) is 11.3 Å². The Balaban J connectivity index is 1.54. The highest BCUT2D eigenvalue weighted by Crippen LogP contribution is 2.39. The molecule has 11 N–H and O–H groups in total. The second-order valence-corrected chi connectivity index (χ2v) is 11.6. The fourth-order valence-electron chi connectivity index (χ4n) is 4.59. The van der Waals surface area contributed by atoms with Gasteiger partial charge in [0, 0.05) is 31.6 Å². The lowest BCUT2D eigenvalue weighted by Gasteiger charge is -2.28.